The molecule has 2 heteroatoms. The zero-order chi connectivity index (χ0) is 9.97. The Labute approximate surface area is 82.9 Å². The lowest BCUT2D eigenvalue weighted by molar-refractivity contribution is 0.475. The van der Waals surface area contributed by atoms with Crippen molar-refractivity contribution in [1.29, 1.82) is 0 Å². The predicted octanol–water partition coefficient (Wildman–Crippen LogP) is 2.76. The smallest absolute Gasteiger partial charge is 0.141 e. The fourth-order valence-corrected chi connectivity index (χ4v) is 1.44. The Balaban J connectivity index is 2.61. The Kier molecular flexibility index (Phi) is 2.19. The molecule has 0 fully saturated rings. The van der Waals surface area contributed by atoms with Crippen LogP contribution in [0.3, 0.4) is 0 Å². The molecule has 14 heavy (non-hydrogen) atoms. The minimum Gasteiger partial charge on any atom is -0.506 e. The molecule has 0 unspecified atom stereocenters. The van der Waals surface area contributed by atoms with Gasteiger partial charge in [-0.15, -0.1) is 0 Å². The lowest BCUT2D eigenvalue weighted by atomic mass is 10.0. The summed E-state index contributed by atoms with van der Waals surface area (Å²) >= 11 is 0. The molecule has 2 rings (SSSR count). The highest BCUT2D eigenvalue weighted by Gasteiger charge is 2.06. The molecule has 1 heterocycles. The van der Waals surface area contributed by atoms with E-state index in [0.717, 1.165) is 11.1 Å². The molecule has 0 atom stereocenters. The summed E-state index contributed by atoms with van der Waals surface area (Å²) in [5.41, 5.74) is 2.73. The molecule has 0 aliphatic heterocycles. The summed E-state index contributed by atoms with van der Waals surface area (Å²) in [5, 5.41) is 9.63. The van der Waals surface area contributed by atoms with E-state index in [2.05, 4.69) is 4.98 Å². The van der Waals surface area contributed by atoms with E-state index in [-0.39, 0.29) is 5.75 Å². The van der Waals surface area contributed by atoms with Crippen LogP contribution in [0, 0.1) is 6.92 Å². The van der Waals surface area contributed by atoms with Crippen LogP contribution in [0.2, 0.25) is 0 Å². The molecule has 0 spiro atoms. The zero-order valence-electron chi connectivity index (χ0n) is 7.94. The van der Waals surface area contributed by atoms with Crippen molar-refractivity contribution in [1.82, 2.24) is 4.98 Å². The summed E-state index contributed by atoms with van der Waals surface area (Å²) < 4.78 is 0. The fraction of sp³-hybridized carbons (Fsp3) is 0.0833. The number of hydrogen-bond acceptors (Lipinski definition) is 2. The first kappa shape index (κ1) is 8.75. The van der Waals surface area contributed by atoms with Crippen molar-refractivity contribution in [2.45, 2.75) is 6.92 Å². The Morgan fingerprint density at radius 3 is 2.57 bits per heavy atom. The van der Waals surface area contributed by atoms with Gasteiger partial charge in [-0.1, -0.05) is 24.3 Å². The van der Waals surface area contributed by atoms with Gasteiger partial charge in [0.2, 0.25) is 0 Å². The molecule has 0 bridgehead atoms. The van der Waals surface area contributed by atoms with Gasteiger partial charge < -0.3 is 5.11 Å². The quantitative estimate of drug-likeness (QED) is 0.741. The minimum absolute atomic E-state index is 0.224. The zero-order valence-corrected chi connectivity index (χ0v) is 7.94. The van der Waals surface area contributed by atoms with E-state index in [0.29, 0.717) is 5.69 Å². The molecule has 2 aromatic rings. The van der Waals surface area contributed by atoms with Crippen LogP contribution in [0.4, 0.5) is 0 Å². The standard InChI is InChI=1S/C12H11NO/c1-9-5-2-3-6-10(9)12-11(14)7-4-8-13-12/h2-8,14H,1H3. The minimum atomic E-state index is 0.224. The number of pyridine rings is 1. The van der Waals surface area contributed by atoms with Gasteiger partial charge in [-0.05, 0) is 24.6 Å². The number of aryl methyl sites for hydroxylation is 1. The van der Waals surface area contributed by atoms with Crippen LogP contribution in [-0.2, 0) is 0 Å². The molecule has 0 aliphatic rings. The Morgan fingerprint density at radius 2 is 1.86 bits per heavy atom. The molecule has 2 nitrogen and oxygen atoms in total. The van der Waals surface area contributed by atoms with Crippen molar-refractivity contribution in [3.05, 3.63) is 48.2 Å². The summed E-state index contributed by atoms with van der Waals surface area (Å²) in [6.07, 6.45) is 1.68. The Bertz CT molecular complexity index is 408. The van der Waals surface area contributed by atoms with Crippen LogP contribution >= 0.6 is 0 Å². The third kappa shape index (κ3) is 1.46. The van der Waals surface area contributed by atoms with E-state index in [1.807, 2.05) is 31.2 Å². The summed E-state index contributed by atoms with van der Waals surface area (Å²) in [4.78, 5) is 4.16. The Morgan fingerprint density at radius 1 is 1.07 bits per heavy atom. The molecule has 0 amide bonds. The van der Waals surface area contributed by atoms with Crippen molar-refractivity contribution in [2.24, 2.45) is 0 Å². The van der Waals surface area contributed by atoms with Crippen LogP contribution in [0.25, 0.3) is 11.3 Å². The number of benzene rings is 1. The summed E-state index contributed by atoms with van der Waals surface area (Å²) in [7, 11) is 0. The second-order valence-electron chi connectivity index (χ2n) is 3.19. The molecular weight excluding hydrogens is 174 g/mol. The second-order valence-corrected chi connectivity index (χ2v) is 3.19. The number of nitrogens with zero attached hydrogens (tertiary/aromatic N) is 1. The van der Waals surface area contributed by atoms with Gasteiger partial charge in [0.25, 0.3) is 0 Å². The molecule has 0 radical (unpaired) electrons. The van der Waals surface area contributed by atoms with E-state index in [1.54, 1.807) is 18.3 Å². The number of aromatic hydroxyl groups is 1. The molecule has 1 aromatic heterocycles. The average molecular weight is 185 g/mol. The van der Waals surface area contributed by atoms with Crippen LogP contribution in [0.15, 0.2) is 42.6 Å². The van der Waals surface area contributed by atoms with Gasteiger partial charge >= 0.3 is 0 Å². The van der Waals surface area contributed by atoms with Gasteiger partial charge in [0.1, 0.15) is 11.4 Å². The van der Waals surface area contributed by atoms with Crippen molar-refractivity contribution in [3.8, 4) is 17.0 Å². The predicted molar refractivity (Wildman–Crippen MR) is 56.1 cm³/mol. The van der Waals surface area contributed by atoms with Gasteiger partial charge in [0, 0.05) is 11.8 Å². The molecule has 0 saturated heterocycles. The Hall–Kier alpha value is -1.83. The molecule has 0 saturated carbocycles. The highest BCUT2D eigenvalue weighted by atomic mass is 16.3. The van der Waals surface area contributed by atoms with Gasteiger partial charge in [-0.2, -0.15) is 0 Å². The first-order valence-electron chi connectivity index (χ1n) is 4.49. The second kappa shape index (κ2) is 3.50. The summed E-state index contributed by atoms with van der Waals surface area (Å²) in [6.45, 7) is 2.00. The third-order valence-electron chi connectivity index (χ3n) is 2.19. The topological polar surface area (TPSA) is 33.1 Å². The van der Waals surface area contributed by atoms with E-state index in [9.17, 15) is 5.11 Å². The molecule has 70 valence electrons. The van der Waals surface area contributed by atoms with Crippen LogP contribution in [0.1, 0.15) is 5.56 Å². The number of aromatic nitrogens is 1. The normalized spacial score (nSPS) is 10.1. The van der Waals surface area contributed by atoms with E-state index in [4.69, 9.17) is 0 Å². The number of hydrogen-bond donors (Lipinski definition) is 1. The van der Waals surface area contributed by atoms with Gasteiger partial charge in [-0.25, -0.2) is 0 Å². The van der Waals surface area contributed by atoms with Crippen LogP contribution in [0.5, 0.6) is 5.75 Å². The molecule has 1 aromatic carbocycles. The maximum Gasteiger partial charge on any atom is 0.141 e. The lowest BCUT2D eigenvalue weighted by Gasteiger charge is -2.05. The van der Waals surface area contributed by atoms with Crippen LogP contribution in [-0.4, -0.2) is 10.1 Å². The van der Waals surface area contributed by atoms with Crippen molar-refractivity contribution >= 4 is 0 Å². The van der Waals surface area contributed by atoms with E-state index < -0.39 is 0 Å². The van der Waals surface area contributed by atoms with Gasteiger partial charge in [0.05, 0.1) is 0 Å². The highest BCUT2D eigenvalue weighted by Crippen LogP contribution is 2.28. The van der Waals surface area contributed by atoms with Gasteiger partial charge in [0.15, 0.2) is 0 Å². The summed E-state index contributed by atoms with van der Waals surface area (Å²) in [5.74, 6) is 0.224. The average Bonchev–Trinajstić information content (AvgIpc) is 2.20. The first-order valence-corrected chi connectivity index (χ1v) is 4.49. The van der Waals surface area contributed by atoms with Gasteiger partial charge in [-0.3, -0.25) is 4.98 Å². The molecular formula is C12H11NO. The fourth-order valence-electron chi connectivity index (χ4n) is 1.44. The van der Waals surface area contributed by atoms with Crippen molar-refractivity contribution < 1.29 is 5.11 Å². The largest absolute Gasteiger partial charge is 0.506 e. The van der Waals surface area contributed by atoms with Crippen molar-refractivity contribution in [2.75, 3.05) is 0 Å². The third-order valence-corrected chi connectivity index (χ3v) is 2.19. The first-order chi connectivity index (χ1) is 6.79. The molecule has 1 N–H and O–H groups in total. The van der Waals surface area contributed by atoms with Crippen molar-refractivity contribution in [3.63, 3.8) is 0 Å². The highest BCUT2D eigenvalue weighted by molar-refractivity contribution is 5.68. The monoisotopic (exact) mass is 185 g/mol. The maximum absolute atomic E-state index is 9.63. The van der Waals surface area contributed by atoms with E-state index >= 15 is 0 Å². The van der Waals surface area contributed by atoms with E-state index in [1.165, 1.54) is 0 Å². The lowest BCUT2D eigenvalue weighted by Crippen LogP contribution is -1.86. The summed E-state index contributed by atoms with van der Waals surface area (Å²) in [6, 6.07) is 11.2. The number of rotatable bonds is 1. The van der Waals surface area contributed by atoms with Crippen LogP contribution < -0.4 is 0 Å². The SMILES string of the molecule is Cc1ccccc1-c1ncccc1O. The maximum atomic E-state index is 9.63. The molecule has 0 aliphatic carbocycles.